The van der Waals surface area contributed by atoms with E-state index in [0.29, 0.717) is 22.9 Å². The normalized spacial score (nSPS) is 17.1. The zero-order valence-electron chi connectivity index (χ0n) is 13.9. The Labute approximate surface area is 151 Å². The molecule has 0 radical (unpaired) electrons. The van der Waals surface area contributed by atoms with Crippen LogP contribution in [0.5, 0.6) is 0 Å². The highest BCUT2D eigenvalue weighted by Gasteiger charge is 2.18. The Morgan fingerprint density at radius 2 is 2.28 bits per heavy atom. The minimum absolute atomic E-state index is 0.0166. The third kappa shape index (κ3) is 4.23. The molecule has 1 aromatic heterocycles. The van der Waals surface area contributed by atoms with Crippen LogP contribution in [0.1, 0.15) is 39.0 Å². The maximum atomic E-state index is 12.5. The number of ketones is 1. The number of benzene rings is 1. The SMILES string of the molecule is Cc1cc(C(=O)Cc2ccc([C@H]3CNCCO3)cc2Cl)cc(C#N)n1. The molecule has 1 N–H and O–H groups in total. The van der Waals surface area contributed by atoms with Crippen LogP contribution in [0.4, 0.5) is 0 Å². The number of nitriles is 1. The molecule has 1 saturated heterocycles. The number of pyridine rings is 1. The summed E-state index contributed by atoms with van der Waals surface area (Å²) in [6.45, 7) is 4.04. The van der Waals surface area contributed by atoms with Crippen molar-refractivity contribution in [3.63, 3.8) is 0 Å². The average molecular weight is 356 g/mol. The van der Waals surface area contributed by atoms with Gasteiger partial charge in [0.2, 0.25) is 0 Å². The van der Waals surface area contributed by atoms with E-state index >= 15 is 0 Å². The first-order valence-electron chi connectivity index (χ1n) is 8.09. The molecule has 1 aliphatic rings. The molecule has 128 valence electrons. The van der Waals surface area contributed by atoms with Crippen LogP contribution in [-0.4, -0.2) is 30.5 Å². The average Bonchev–Trinajstić information content (AvgIpc) is 2.63. The lowest BCUT2D eigenvalue weighted by Gasteiger charge is -2.24. The van der Waals surface area contributed by atoms with Crippen molar-refractivity contribution in [2.24, 2.45) is 0 Å². The molecule has 6 heteroatoms. The second kappa shape index (κ2) is 7.75. The summed E-state index contributed by atoms with van der Waals surface area (Å²) in [4.78, 5) is 16.6. The molecule has 2 heterocycles. The highest BCUT2D eigenvalue weighted by Crippen LogP contribution is 2.26. The minimum Gasteiger partial charge on any atom is -0.371 e. The number of aryl methyl sites for hydroxylation is 1. The van der Waals surface area contributed by atoms with Gasteiger partial charge in [-0.3, -0.25) is 4.79 Å². The first-order chi connectivity index (χ1) is 12.1. The summed E-state index contributed by atoms with van der Waals surface area (Å²) in [5.74, 6) is -0.0905. The Balaban J connectivity index is 1.77. The van der Waals surface area contributed by atoms with Crippen LogP contribution in [0, 0.1) is 18.3 Å². The van der Waals surface area contributed by atoms with Crippen LogP contribution in [0.25, 0.3) is 0 Å². The molecule has 0 saturated carbocycles. The molecule has 25 heavy (non-hydrogen) atoms. The zero-order valence-corrected chi connectivity index (χ0v) is 14.6. The van der Waals surface area contributed by atoms with Crippen LogP contribution in [0.3, 0.4) is 0 Å². The second-order valence-electron chi connectivity index (χ2n) is 6.01. The highest BCUT2D eigenvalue weighted by atomic mass is 35.5. The Kier molecular flexibility index (Phi) is 5.44. The van der Waals surface area contributed by atoms with E-state index in [2.05, 4.69) is 10.3 Å². The van der Waals surface area contributed by atoms with Crippen molar-refractivity contribution in [3.8, 4) is 6.07 Å². The summed E-state index contributed by atoms with van der Waals surface area (Å²) >= 11 is 6.38. The molecule has 0 bridgehead atoms. The molecule has 5 nitrogen and oxygen atoms in total. The lowest BCUT2D eigenvalue weighted by molar-refractivity contribution is 0.0277. The fourth-order valence-corrected chi connectivity index (χ4v) is 3.10. The number of ether oxygens (including phenoxy) is 1. The molecule has 0 spiro atoms. The topological polar surface area (TPSA) is 75.0 Å². The van der Waals surface area contributed by atoms with Gasteiger partial charge in [-0.15, -0.1) is 0 Å². The van der Waals surface area contributed by atoms with Gasteiger partial charge in [0.05, 0.1) is 12.7 Å². The fourth-order valence-electron chi connectivity index (χ4n) is 2.85. The molecule has 1 fully saturated rings. The summed E-state index contributed by atoms with van der Waals surface area (Å²) < 4.78 is 5.72. The molecule has 3 rings (SSSR count). The quantitative estimate of drug-likeness (QED) is 0.853. The number of carbonyl (C=O) groups excluding carboxylic acids is 1. The van der Waals surface area contributed by atoms with E-state index < -0.39 is 0 Å². The number of hydrogen-bond donors (Lipinski definition) is 1. The Morgan fingerprint density at radius 1 is 1.44 bits per heavy atom. The van der Waals surface area contributed by atoms with E-state index in [9.17, 15) is 4.79 Å². The van der Waals surface area contributed by atoms with Gasteiger partial charge in [-0.05, 0) is 36.2 Å². The van der Waals surface area contributed by atoms with E-state index in [1.165, 1.54) is 6.07 Å². The van der Waals surface area contributed by atoms with Crippen molar-refractivity contribution in [1.82, 2.24) is 10.3 Å². The van der Waals surface area contributed by atoms with Gasteiger partial charge in [-0.25, -0.2) is 4.98 Å². The van der Waals surface area contributed by atoms with E-state index in [1.54, 1.807) is 13.0 Å². The summed E-state index contributed by atoms with van der Waals surface area (Å²) in [6.07, 6.45) is 0.161. The molecule has 0 unspecified atom stereocenters. The van der Waals surface area contributed by atoms with Crippen molar-refractivity contribution >= 4 is 17.4 Å². The van der Waals surface area contributed by atoms with Crippen LogP contribution < -0.4 is 5.32 Å². The van der Waals surface area contributed by atoms with Gasteiger partial charge in [0.15, 0.2) is 5.78 Å². The van der Waals surface area contributed by atoms with Crippen molar-refractivity contribution < 1.29 is 9.53 Å². The summed E-state index contributed by atoms with van der Waals surface area (Å²) in [7, 11) is 0. The number of morpholine rings is 1. The van der Waals surface area contributed by atoms with Gasteiger partial charge >= 0.3 is 0 Å². The van der Waals surface area contributed by atoms with Crippen molar-refractivity contribution in [2.45, 2.75) is 19.4 Å². The monoisotopic (exact) mass is 355 g/mol. The van der Waals surface area contributed by atoms with Crippen LogP contribution in [0.15, 0.2) is 30.3 Å². The summed E-state index contributed by atoms with van der Waals surface area (Å²) in [6, 6.07) is 10.9. The Bertz CT molecular complexity index is 839. The fraction of sp³-hybridized carbons (Fsp3) is 0.316. The standard InChI is InChI=1S/C19H18ClN3O2/c1-12-6-15(7-16(10-21)23-12)18(24)9-13-2-3-14(8-17(13)20)19-11-22-4-5-25-19/h2-3,6-8,19,22H,4-5,9,11H2,1H3/t19-/m1/s1. The molecule has 2 aromatic rings. The molecule has 1 aliphatic heterocycles. The minimum atomic E-state index is -0.0905. The predicted octanol–water partition coefficient (Wildman–Crippen LogP) is 3.00. The third-order valence-electron chi connectivity index (χ3n) is 4.12. The zero-order chi connectivity index (χ0) is 17.8. The van der Waals surface area contributed by atoms with Gasteiger partial charge in [0.25, 0.3) is 0 Å². The van der Waals surface area contributed by atoms with Gasteiger partial charge in [-0.2, -0.15) is 5.26 Å². The van der Waals surface area contributed by atoms with Crippen LogP contribution >= 0.6 is 11.6 Å². The van der Waals surface area contributed by atoms with Gasteiger partial charge in [0.1, 0.15) is 11.8 Å². The third-order valence-corrected chi connectivity index (χ3v) is 4.47. The van der Waals surface area contributed by atoms with E-state index in [4.69, 9.17) is 21.6 Å². The number of nitrogens with one attached hydrogen (secondary N) is 1. The summed E-state index contributed by atoms with van der Waals surface area (Å²) in [5, 5.41) is 12.8. The number of rotatable bonds is 4. The first-order valence-corrected chi connectivity index (χ1v) is 8.47. The second-order valence-corrected chi connectivity index (χ2v) is 6.42. The van der Waals surface area contributed by atoms with Crippen molar-refractivity contribution in [2.75, 3.05) is 19.7 Å². The summed E-state index contributed by atoms with van der Waals surface area (Å²) in [5.41, 5.74) is 3.12. The number of halogens is 1. The Morgan fingerprint density at radius 3 is 2.96 bits per heavy atom. The molecular formula is C19H18ClN3O2. The predicted molar refractivity (Wildman–Crippen MR) is 94.7 cm³/mol. The van der Waals surface area contributed by atoms with Gasteiger partial charge in [-0.1, -0.05) is 23.7 Å². The highest BCUT2D eigenvalue weighted by molar-refractivity contribution is 6.31. The molecule has 0 aliphatic carbocycles. The molecule has 1 atom stereocenters. The maximum Gasteiger partial charge on any atom is 0.167 e. The van der Waals surface area contributed by atoms with Crippen LogP contribution in [0.2, 0.25) is 5.02 Å². The van der Waals surface area contributed by atoms with Crippen molar-refractivity contribution in [1.29, 1.82) is 5.26 Å². The maximum absolute atomic E-state index is 12.5. The number of hydrogen-bond acceptors (Lipinski definition) is 5. The number of carbonyl (C=O) groups is 1. The van der Waals surface area contributed by atoms with E-state index in [1.807, 2.05) is 24.3 Å². The van der Waals surface area contributed by atoms with Crippen molar-refractivity contribution in [3.05, 3.63) is 63.4 Å². The van der Waals surface area contributed by atoms with Gasteiger partial charge < -0.3 is 10.1 Å². The number of nitrogens with zero attached hydrogens (tertiary/aromatic N) is 2. The lowest BCUT2D eigenvalue weighted by Crippen LogP contribution is -2.33. The lowest BCUT2D eigenvalue weighted by atomic mass is 10.00. The smallest absolute Gasteiger partial charge is 0.167 e. The van der Waals surface area contributed by atoms with Gasteiger partial charge in [0, 0.05) is 35.8 Å². The Hall–Kier alpha value is -2.26. The van der Waals surface area contributed by atoms with E-state index in [0.717, 1.165) is 24.2 Å². The number of aromatic nitrogens is 1. The molecule has 0 amide bonds. The first kappa shape index (κ1) is 17.6. The van der Waals surface area contributed by atoms with Crippen LogP contribution in [-0.2, 0) is 11.2 Å². The van der Waals surface area contributed by atoms with E-state index in [-0.39, 0.29) is 24.0 Å². The largest absolute Gasteiger partial charge is 0.371 e. The number of Topliss-reactive ketones (excluding diaryl/α,β-unsaturated/α-hetero) is 1. The molecular weight excluding hydrogens is 338 g/mol. The molecule has 1 aromatic carbocycles.